The van der Waals surface area contributed by atoms with Gasteiger partial charge in [0, 0.05) is 12.1 Å². The van der Waals surface area contributed by atoms with Crippen LogP contribution in [0, 0.1) is 5.41 Å². The van der Waals surface area contributed by atoms with Crippen molar-refractivity contribution in [1.82, 2.24) is 5.32 Å². The van der Waals surface area contributed by atoms with Crippen molar-refractivity contribution in [3.63, 3.8) is 0 Å². The van der Waals surface area contributed by atoms with Gasteiger partial charge in [0.25, 0.3) is 0 Å². The zero-order chi connectivity index (χ0) is 14.5. The van der Waals surface area contributed by atoms with Crippen LogP contribution in [0.2, 0.25) is 0 Å². The quantitative estimate of drug-likeness (QED) is 0.813. The number of amides is 1. The molecule has 0 aliphatic carbocycles. The Morgan fingerprint density at radius 1 is 1.26 bits per heavy atom. The second kappa shape index (κ2) is 6.66. The smallest absolute Gasteiger partial charge is 0.224 e. The standard InChI is InChI=1S/C15H22N2OS/c1-15(2,3)8-9-17-13(18)10-11-4-6-12(7-5-11)14(16)19/h4-7H,8-10H2,1-3H3,(H2,16,19)(H,17,18). The highest BCUT2D eigenvalue weighted by Crippen LogP contribution is 2.16. The van der Waals surface area contributed by atoms with E-state index in [9.17, 15) is 4.79 Å². The third-order valence-electron chi connectivity index (χ3n) is 2.80. The zero-order valence-corrected chi connectivity index (χ0v) is 12.6. The maximum absolute atomic E-state index is 11.8. The number of rotatable bonds is 5. The van der Waals surface area contributed by atoms with Crippen LogP contribution in [0.1, 0.15) is 38.3 Å². The van der Waals surface area contributed by atoms with Crippen molar-refractivity contribution in [1.29, 1.82) is 0 Å². The highest BCUT2D eigenvalue weighted by molar-refractivity contribution is 7.80. The highest BCUT2D eigenvalue weighted by atomic mass is 32.1. The molecule has 0 aromatic heterocycles. The van der Waals surface area contributed by atoms with Gasteiger partial charge in [-0.1, -0.05) is 57.3 Å². The first-order valence-corrected chi connectivity index (χ1v) is 6.84. The van der Waals surface area contributed by atoms with E-state index >= 15 is 0 Å². The van der Waals surface area contributed by atoms with E-state index in [-0.39, 0.29) is 11.3 Å². The number of benzene rings is 1. The molecule has 3 nitrogen and oxygen atoms in total. The summed E-state index contributed by atoms with van der Waals surface area (Å²) >= 11 is 4.88. The van der Waals surface area contributed by atoms with Crippen molar-refractivity contribution in [2.24, 2.45) is 11.1 Å². The van der Waals surface area contributed by atoms with E-state index in [4.69, 9.17) is 18.0 Å². The molecule has 0 saturated heterocycles. The molecule has 3 N–H and O–H groups in total. The van der Waals surface area contributed by atoms with Crippen molar-refractivity contribution < 1.29 is 4.79 Å². The topological polar surface area (TPSA) is 55.1 Å². The SMILES string of the molecule is CC(C)(C)CCNC(=O)Cc1ccc(C(N)=S)cc1. The van der Waals surface area contributed by atoms with E-state index in [2.05, 4.69) is 26.1 Å². The molecular weight excluding hydrogens is 256 g/mol. The minimum Gasteiger partial charge on any atom is -0.389 e. The predicted octanol–water partition coefficient (Wildman–Crippen LogP) is 2.42. The molecule has 19 heavy (non-hydrogen) atoms. The number of carbonyl (C=O) groups excluding carboxylic acids is 1. The molecule has 1 amide bonds. The minimum absolute atomic E-state index is 0.0484. The zero-order valence-electron chi connectivity index (χ0n) is 11.8. The Morgan fingerprint density at radius 3 is 2.32 bits per heavy atom. The summed E-state index contributed by atoms with van der Waals surface area (Å²) in [5.74, 6) is 0.0484. The lowest BCUT2D eigenvalue weighted by Crippen LogP contribution is -2.28. The summed E-state index contributed by atoms with van der Waals surface area (Å²) in [6.07, 6.45) is 1.36. The van der Waals surface area contributed by atoms with Gasteiger partial charge in [0.15, 0.2) is 0 Å². The molecule has 1 aromatic carbocycles. The van der Waals surface area contributed by atoms with Gasteiger partial charge >= 0.3 is 0 Å². The van der Waals surface area contributed by atoms with Crippen LogP contribution < -0.4 is 11.1 Å². The highest BCUT2D eigenvalue weighted by Gasteiger charge is 2.10. The maximum Gasteiger partial charge on any atom is 0.224 e. The molecule has 0 fully saturated rings. The third-order valence-corrected chi connectivity index (χ3v) is 3.04. The molecule has 0 unspecified atom stereocenters. The lowest BCUT2D eigenvalue weighted by Gasteiger charge is -2.18. The lowest BCUT2D eigenvalue weighted by molar-refractivity contribution is -0.120. The molecule has 4 heteroatoms. The molecule has 1 aromatic rings. The summed E-state index contributed by atoms with van der Waals surface area (Å²) in [5, 5.41) is 2.94. The van der Waals surface area contributed by atoms with Gasteiger partial charge in [0.1, 0.15) is 4.99 Å². The van der Waals surface area contributed by atoms with Gasteiger partial charge < -0.3 is 11.1 Å². The number of nitrogens with two attached hydrogens (primary N) is 1. The summed E-state index contributed by atoms with van der Waals surface area (Å²) in [6.45, 7) is 7.20. The Morgan fingerprint density at radius 2 is 1.84 bits per heavy atom. The van der Waals surface area contributed by atoms with Crippen LogP contribution in [0.5, 0.6) is 0 Å². The monoisotopic (exact) mass is 278 g/mol. The Balaban J connectivity index is 2.42. The Labute approximate surface area is 120 Å². The summed E-state index contributed by atoms with van der Waals surface area (Å²) in [6, 6.07) is 7.47. The fourth-order valence-electron chi connectivity index (χ4n) is 1.61. The molecule has 0 aliphatic heterocycles. The number of nitrogens with one attached hydrogen (secondary N) is 1. The van der Waals surface area contributed by atoms with Crippen LogP contribution in [0.25, 0.3) is 0 Å². The van der Waals surface area contributed by atoms with Gasteiger partial charge in [0.2, 0.25) is 5.91 Å². The molecule has 0 spiro atoms. The molecule has 104 valence electrons. The first kappa shape index (κ1) is 15.6. The van der Waals surface area contributed by atoms with Crippen LogP contribution in [0.3, 0.4) is 0 Å². The van der Waals surface area contributed by atoms with Crippen LogP contribution in [0.15, 0.2) is 24.3 Å². The molecular formula is C15H22N2OS. The van der Waals surface area contributed by atoms with Gasteiger partial charge in [-0.15, -0.1) is 0 Å². The van der Waals surface area contributed by atoms with Crippen LogP contribution >= 0.6 is 12.2 Å². The first-order chi connectivity index (χ1) is 8.78. The fraction of sp³-hybridized carbons (Fsp3) is 0.467. The second-order valence-electron chi connectivity index (χ2n) is 5.90. The van der Waals surface area contributed by atoms with Crippen LogP contribution in [-0.4, -0.2) is 17.4 Å². The van der Waals surface area contributed by atoms with Crippen molar-refractivity contribution in [3.8, 4) is 0 Å². The molecule has 0 aliphatic rings. The summed E-state index contributed by atoms with van der Waals surface area (Å²) < 4.78 is 0. The molecule has 0 bridgehead atoms. The number of carbonyl (C=O) groups is 1. The van der Waals surface area contributed by atoms with Gasteiger partial charge in [-0.2, -0.15) is 0 Å². The summed E-state index contributed by atoms with van der Waals surface area (Å²) in [5.41, 5.74) is 7.56. The van der Waals surface area contributed by atoms with E-state index < -0.39 is 0 Å². The largest absolute Gasteiger partial charge is 0.389 e. The van der Waals surface area contributed by atoms with Gasteiger partial charge in [0.05, 0.1) is 6.42 Å². The fourth-order valence-corrected chi connectivity index (χ4v) is 1.75. The van der Waals surface area contributed by atoms with E-state index in [0.29, 0.717) is 18.0 Å². The van der Waals surface area contributed by atoms with E-state index in [1.54, 1.807) is 0 Å². The van der Waals surface area contributed by atoms with Crippen molar-refractivity contribution in [3.05, 3.63) is 35.4 Å². The normalized spacial score (nSPS) is 11.1. The Kier molecular flexibility index (Phi) is 5.48. The molecule has 0 saturated carbocycles. The van der Waals surface area contributed by atoms with Crippen molar-refractivity contribution in [2.75, 3.05) is 6.54 Å². The van der Waals surface area contributed by atoms with Crippen LogP contribution in [-0.2, 0) is 11.2 Å². The molecule has 1 rings (SSSR count). The van der Waals surface area contributed by atoms with Crippen molar-refractivity contribution >= 4 is 23.1 Å². The van der Waals surface area contributed by atoms with Crippen LogP contribution in [0.4, 0.5) is 0 Å². The molecule has 0 atom stereocenters. The van der Waals surface area contributed by atoms with Gasteiger partial charge in [-0.3, -0.25) is 4.79 Å². The minimum atomic E-state index is 0.0484. The number of thiocarbonyl (C=S) groups is 1. The van der Waals surface area contributed by atoms with E-state index in [0.717, 1.165) is 17.5 Å². The Bertz CT molecular complexity index is 446. The third kappa shape index (κ3) is 6.34. The van der Waals surface area contributed by atoms with Crippen molar-refractivity contribution in [2.45, 2.75) is 33.6 Å². The van der Waals surface area contributed by atoms with E-state index in [1.807, 2.05) is 24.3 Å². The first-order valence-electron chi connectivity index (χ1n) is 6.43. The molecule has 0 heterocycles. The Hall–Kier alpha value is -1.42. The second-order valence-corrected chi connectivity index (χ2v) is 6.34. The predicted molar refractivity (Wildman–Crippen MR) is 83.1 cm³/mol. The van der Waals surface area contributed by atoms with Gasteiger partial charge in [-0.05, 0) is 17.4 Å². The summed E-state index contributed by atoms with van der Waals surface area (Å²) in [4.78, 5) is 12.1. The molecule has 0 radical (unpaired) electrons. The number of hydrogen-bond acceptors (Lipinski definition) is 2. The average Bonchev–Trinajstić information content (AvgIpc) is 2.27. The summed E-state index contributed by atoms with van der Waals surface area (Å²) in [7, 11) is 0. The average molecular weight is 278 g/mol. The maximum atomic E-state index is 11.8. The van der Waals surface area contributed by atoms with Gasteiger partial charge in [-0.25, -0.2) is 0 Å². The number of hydrogen-bond donors (Lipinski definition) is 2. The lowest BCUT2D eigenvalue weighted by atomic mass is 9.92. The van der Waals surface area contributed by atoms with E-state index in [1.165, 1.54) is 0 Å².